The molecule has 0 aromatic heterocycles. The van der Waals surface area contributed by atoms with Crippen molar-refractivity contribution < 1.29 is 63.4 Å². The van der Waals surface area contributed by atoms with Crippen LogP contribution in [0.4, 0.5) is 43.9 Å². The van der Waals surface area contributed by atoms with Gasteiger partial charge in [0, 0.05) is 0 Å². The summed E-state index contributed by atoms with van der Waals surface area (Å²) in [6, 6.07) is -4.06. The van der Waals surface area contributed by atoms with E-state index < -0.39 is 81.4 Å². The standard InChI is InChI=1S/C13H3F10NO4/c14-3-1-2(4(15)6(17)5(3)16)10(26)24(9(1)25)7(11(27)28)8(12(18,19)20)13(21,22)23/h7-8H,(H,27,28). The highest BCUT2D eigenvalue weighted by Crippen LogP contribution is 2.45. The van der Waals surface area contributed by atoms with E-state index in [9.17, 15) is 58.3 Å². The zero-order valence-corrected chi connectivity index (χ0v) is 12.6. The number of benzene rings is 1. The highest BCUT2D eigenvalue weighted by atomic mass is 19.4. The summed E-state index contributed by atoms with van der Waals surface area (Å²) >= 11 is 0. The van der Waals surface area contributed by atoms with E-state index in [4.69, 9.17) is 5.11 Å². The number of halogens is 10. The zero-order valence-electron chi connectivity index (χ0n) is 12.6. The molecule has 0 saturated heterocycles. The van der Waals surface area contributed by atoms with Crippen molar-refractivity contribution in [3.63, 3.8) is 0 Å². The summed E-state index contributed by atoms with van der Waals surface area (Å²) in [5, 5.41) is 8.81. The van der Waals surface area contributed by atoms with E-state index in [-0.39, 0.29) is 0 Å². The Morgan fingerprint density at radius 1 is 0.750 bits per heavy atom. The van der Waals surface area contributed by atoms with Crippen molar-refractivity contribution in [3.8, 4) is 0 Å². The molecule has 1 heterocycles. The number of carboxylic acid groups (broad SMARTS) is 1. The Labute approximate surface area is 146 Å². The first kappa shape index (κ1) is 21.4. The van der Waals surface area contributed by atoms with Crippen molar-refractivity contribution in [2.24, 2.45) is 5.92 Å². The topological polar surface area (TPSA) is 74.7 Å². The minimum atomic E-state index is -6.38. The monoisotopic (exact) mass is 427 g/mol. The van der Waals surface area contributed by atoms with Gasteiger partial charge >= 0.3 is 18.3 Å². The predicted molar refractivity (Wildman–Crippen MR) is 63.8 cm³/mol. The van der Waals surface area contributed by atoms with Gasteiger partial charge in [-0.3, -0.25) is 14.5 Å². The summed E-state index contributed by atoms with van der Waals surface area (Å²) in [4.78, 5) is 33.8. The molecule has 1 unspecified atom stereocenters. The molecule has 154 valence electrons. The summed E-state index contributed by atoms with van der Waals surface area (Å²) in [6.07, 6.45) is -12.8. The first-order valence-electron chi connectivity index (χ1n) is 6.63. The number of hydrogen-bond donors (Lipinski definition) is 1. The molecular formula is C13H3F10NO4. The van der Waals surface area contributed by atoms with Gasteiger partial charge in [0.1, 0.15) is 0 Å². The number of carbonyl (C=O) groups excluding carboxylic acids is 2. The minimum Gasteiger partial charge on any atom is -0.480 e. The third kappa shape index (κ3) is 3.03. The van der Waals surface area contributed by atoms with Crippen molar-refractivity contribution in [3.05, 3.63) is 34.4 Å². The molecule has 1 aliphatic heterocycles. The molecule has 0 bridgehead atoms. The molecule has 15 heteroatoms. The molecule has 0 spiro atoms. The second-order valence-corrected chi connectivity index (χ2v) is 5.33. The highest BCUT2D eigenvalue weighted by molar-refractivity contribution is 6.23. The molecule has 1 aliphatic rings. The van der Waals surface area contributed by atoms with E-state index in [1.54, 1.807) is 0 Å². The lowest BCUT2D eigenvalue weighted by Crippen LogP contribution is -2.58. The van der Waals surface area contributed by atoms with Gasteiger partial charge in [-0.15, -0.1) is 0 Å². The van der Waals surface area contributed by atoms with Gasteiger partial charge in [-0.05, 0) is 0 Å². The number of hydrogen-bond acceptors (Lipinski definition) is 3. The molecule has 0 fully saturated rings. The maximum Gasteiger partial charge on any atom is 0.403 e. The summed E-state index contributed by atoms with van der Waals surface area (Å²) in [5.74, 6) is -23.5. The average molecular weight is 427 g/mol. The Bertz CT molecular complexity index is 830. The number of imide groups is 1. The molecule has 28 heavy (non-hydrogen) atoms. The van der Waals surface area contributed by atoms with Gasteiger partial charge in [-0.2, -0.15) is 26.3 Å². The molecule has 1 aromatic rings. The zero-order chi connectivity index (χ0) is 21.9. The second kappa shape index (κ2) is 6.34. The molecule has 0 radical (unpaired) electrons. The van der Waals surface area contributed by atoms with Crippen molar-refractivity contribution in [1.29, 1.82) is 0 Å². The third-order valence-electron chi connectivity index (χ3n) is 3.68. The maximum absolute atomic E-state index is 13.7. The van der Waals surface area contributed by atoms with Gasteiger partial charge in [0.25, 0.3) is 11.8 Å². The van der Waals surface area contributed by atoms with Crippen molar-refractivity contribution in [2.75, 3.05) is 0 Å². The Morgan fingerprint density at radius 2 is 1.07 bits per heavy atom. The quantitative estimate of drug-likeness (QED) is 0.349. The van der Waals surface area contributed by atoms with Crippen molar-refractivity contribution in [2.45, 2.75) is 18.4 Å². The molecule has 1 atom stereocenters. The molecular weight excluding hydrogens is 424 g/mol. The molecule has 5 nitrogen and oxygen atoms in total. The normalized spacial score (nSPS) is 16.0. The van der Waals surface area contributed by atoms with Crippen LogP contribution in [0.2, 0.25) is 0 Å². The van der Waals surface area contributed by atoms with Crippen molar-refractivity contribution in [1.82, 2.24) is 4.90 Å². The lowest BCUT2D eigenvalue weighted by molar-refractivity contribution is -0.294. The summed E-state index contributed by atoms with van der Waals surface area (Å²) in [6.45, 7) is 0. The van der Waals surface area contributed by atoms with Gasteiger partial charge in [-0.25, -0.2) is 22.4 Å². The fourth-order valence-corrected chi connectivity index (χ4v) is 2.56. The van der Waals surface area contributed by atoms with E-state index >= 15 is 0 Å². The number of nitrogens with zero attached hydrogens (tertiary/aromatic N) is 1. The second-order valence-electron chi connectivity index (χ2n) is 5.33. The third-order valence-corrected chi connectivity index (χ3v) is 3.68. The Kier molecular flexibility index (Phi) is 4.85. The van der Waals surface area contributed by atoms with Crippen LogP contribution in [-0.2, 0) is 4.79 Å². The average Bonchev–Trinajstić information content (AvgIpc) is 2.77. The Hall–Kier alpha value is -2.87. The molecule has 0 aliphatic carbocycles. The lowest BCUT2D eigenvalue weighted by atomic mass is 9.96. The number of amides is 2. The summed E-state index contributed by atoms with van der Waals surface area (Å²) < 4.78 is 131. The first-order valence-corrected chi connectivity index (χ1v) is 6.63. The largest absolute Gasteiger partial charge is 0.480 e. The van der Waals surface area contributed by atoms with Crippen LogP contribution in [0.15, 0.2) is 0 Å². The molecule has 0 saturated carbocycles. The number of alkyl halides is 6. The minimum absolute atomic E-state index is 1.25. The van der Waals surface area contributed by atoms with Crippen LogP contribution in [-0.4, -0.2) is 46.2 Å². The fourth-order valence-electron chi connectivity index (χ4n) is 2.56. The fraction of sp³-hybridized carbons (Fsp3) is 0.308. The van der Waals surface area contributed by atoms with Crippen molar-refractivity contribution >= 4 is 17.8 Å². The van der Waals surface area contributed by atoms with Gasteiger partial charge in [0.15, 0.2) is 35.2 Å². The van der Waals surface area contributed by atoms with Crippen LogP contribution in [0.25, 0.3) is 0 Å². The van der Waals surface area contributed by atoms with Crippen LogP contribution in [0.5, 0.6) is 0 Å². The van der Waals surface area contributed by atoms with Crippen LogP contribution in [0, 0.1) is 29.2 Å². The Balaban J connectivity index is 2.77. The molecule has 1 aromatic carbocycles. The van der Waals surface area contributed by atoms with E-state index in [0.29, 0.717) is 0 Å². The van der Waals surface area contributed by atoms with Gasteiger partial charge in [-0.1, -0.05) is 0 Å². The lowest BCUT2D eigenvalue weighted by Gasteiger charge is -2.32. The number of rotatable bonds is 3. The summed E-state index contributed by atoms with van der Waals surface area (Å²) in [7, 11) is 0. The smallest absolute Gasteiger partial charge is 0.403 e. The van der Waals surface area contributed by atoms with Gasteiger partial charge in [0.2, 0.25) is 0 Å². The van der Waals surface area contributed by atoms with Gasteiger partial charge in [0.05, 0.1) is 11.1 Å². The number of carbonyl (C=O) groups is 3. The van der Waals surface area contributed by atoms with E-state index in [0.717, 1.165) is 0 Å². The number of carboxylic acids is 1. The van der Waals surface area contributed by atoms with Crippen LogP contribution >= 0.6 is 0 Å². The Morgan fingerprint density at radius 3 is 1.32 bits per heavy atom. The maximum atomic E-state index is 13.7. The van der Waals surface area contributed by atoms with Gasteiger partial charge < -0.3 is 5.11 Å². The summed E-state index contributed by atoms with van der Waals surface area (Å²) in [5.41, 5.74) is -4.06. The van der Waals surface area contributed by atoms with E-state index in [1.807, 2.05) is 0 Å². The number of fused-ring (bicyclic) bond motifs is 1. The van der Waals surface area contributed by atoms with Crippen LogP contribution < -0.4 is 0 Å². The van der Waals surface area contributed by atoms with E-state index in [2.05, 4.69) is 0 Å². The van der Waals surface area contributed by atoms with Crippen LogP contribution in [0.1, 0.15) is 20.7 Å². The molecule has 1 N–H and O–H groups in total. The highest BCUT2D eigenvalue weighted by Gasteiger charge is 2.66. The predicted octanol–water partition coefficient (Wildman–Crippen LogP) is 3.03. The molecule has 2 amide bonds. The first-order chi connectivity index (χ1) is 12.5. The van der Waals surface area contributed by atoms with E-state index in [1.165, 1.54) is 0 Å². The SMILES string of the molecule is O=C(O)C(C(C(F)(F)F)C(F)(F)F)N1C(=O)c2c(F)c(F)c(F)c(F)c2C1=O. The molecule has 2 rings (SSSR count). The van der Waals surface area contributed by atoms with Crippen LogP contribution in [0.3, 0.4) is 0 Å². The number of aliphatic carboxylic acids is 1.